The molecule has 0 saturated heterocycles. The summed E-state index contributed by atoms with van der Waals surface area (Å²) >= 11 is 2.00. The Balaban J connectivity index is 2.88. The van der Waals surface area contributed by atoms with E-state index in [4.69, 9.17) is 10.5 Å². The maximum atomic E-state index is 12.8. The molecule has 0 fully saturated rings. The molecule has 0 heterocycles. The minimum atomic E-state index is -0.300. The fraction of sp³-hybridized carbons (Fsp3) is 0.100. The van der Waals surface area contributed by atoms with E-state index in [1.165, 1.54) is 18.2 Å². The molecule has 5 heteroatoms. The molecule has 0 bridgehead atoms. The quantitative estimate of drug-likeness (QED) is 0.589. The Labute approximate surface area is 101 Å². The van der Waals surface area contributed by atoms with E-state index in [-0.39, 0.29) is 12.4 Å². The molecule has 1 rings (SSSR count). The largest absolute Gasteiger partial charge is 0.390 e. The molecule has 0 aliphatic heterocycles. The van der Waals surface area contributed by atoms with Crippen LogP contribution in [-0.2, 0) is 0 Å². The fourth-order valence-corrected chi connectivity index (χ4v) is 1.61. The Morgan fingerprint density at radius 2 is 2.33 bits per heavy atom. The normalized spacial score (nSPS) is 11.3. The molecule has 3 N–H and O–H groups in total. The Bertz CT molecular complexity index is 393. The van der Waals surface area contributed by atoms with Crippen LogP contribution in [0.25, 0.3) is 0 Å². The lowest BCUT2D eigenvalue weighted by Crippen LogP contribution is -2.05. The van der Waals surface area contributed by atoms with Gasteiger partial charge in [0.25, 0.3) is 0 Å². The molecule has 0 aliphatic rings. The first-order valence-electron chi connectivity index (χ1n) is 4.20. The van der Waals surface area contributed by atoms with Gasteiger partial charge in [0, 0.05) is 15.5 Å². The molecule has 80 valence electrons. The molecular formula is C10H10FIN2O. The third-order valence-electron chi connectivity index (χ3n) is 1.68. The van der Waals surface area contributed by atoms with Gasteiger partial charge in [-0.2, -0.15) is 0 Å². The summed E-state index contributed by atoms with van der Waals surface area (Å²) in [5, 5.41) is 18.7. The summed E-state index contributed by atoms with van der Waals surface area (Å²) in [7, 11) is 0. The number of benzene rings is 1. The highest BCUT2D eigenvalue weighted by atomic mass is 127. The Morgan fingerprint density at radius 1 is 1.60 bits per heavy atom. The molecular weight excluding hydrogens is 310 g/mol. The third kappa shape index (κ3) is 3.60. The predicted octanol–water partition coefficient (Wildman–Crippen LogP) is 2.37. The average Bonchev–Trinajstić information content (AvgIpc) is 2.21. The maximum absolute atomic E-state index is 12.8. The molecule has 0 saturated carbocycles. The van der Waals surface area contributed by atoms with Gasteiger partial charge in [0.05, 0.1) is 12.3 Å². The van der Waals surface area contributed by atoms with Crippen LogP contribution < -0.4 is 5.32 Å². The van der Waals surface area contributed by atoms with Gasteiger partial charge >= 0.3 is 0 Å². The maximum Gasteiger partial charge on any atom is 0.124 e. The van der Waals surface area contributed by atoms with Crippen molar-refractivity contribution in [1.29, 1.82) is 5.41 Å². The predicted molar refractivity (Wildman–Crippen MR) is 66.7 cm³/mol. The third-order valence-corrected chi connectivity index (χ3v) is 2.57. The van der Waals surface area contributed by atoms with Crippen LogP contribution in [0, 0.1) is 14.8 Å². The lowest BCUT2D eigenvalue weighted by atomic mass is 10.3. The van der Waals surface area contributed by atoms with Gasteiger partial charge in [-0.05, 0) is 46.9 Å². The van der Waals surface area contributed by atoms with Gasteiger partial charge in [-0.1, -0.05) is 0 Å². The van der Waals surface area contributed by atoms with E-state index in [1.807, 2.05) is 22.6 Å². The first-order valence-corrected chi connectivity index (χ1v) is 5.28. The Hall–Kier alpha value is -0.950. The van der Waals surface area contributed by atoms with E-state index in [9.17, 15) is 4.39 Å². The number of hydrogen-bond acceptors (Lipinski definition) is 3. The molecule has 0 aliphatic carbocycles. The van der Waals surface area contributed by atoms with E-state index >= 15 is 0 Å². The van der Waals surface area contributed by atoms with Crippen molar-refractivity contribution in [2.45, 2.75) is 0 Å². The Kier molecular flexibility index (Phi) is 4.70. The summed E-state index contributed by atoms with van der Waals surface area (Å²) in [6.07, 6.45) is 2.52. The summed E-state index contributed by atoms with van der Waals surface area (Å²) < 4.78 is 13.5. The van der Waals surface area contributed by atoms with Crippen molar-refractivity contribution in [2.75, 3.05) is 11.9 Å². The zero-order chi connectivity index (χ0) is 11.3. The zero-order valence-corrected chi connectivity index (χ0v) is 9.95. The highest BCUT2D eigenvalue weighted by molar-refractivity contribution is 14.1. The van der Waals surface area contributed by atoms with Gasteiger partial charge in [-0.3, -0.25) is 0 Å². The van der Waals surface area contributed by atoms with Gasteiger partial charge in [0.15, 0.2) is 0 Å². The van der Waals surface area contributed by atoms with Crippen molar-refractivity contribution < 1.29 is 9.50 Å². The number of allylic oxidation sites excluding steroid dienone is 1. The van der Waals surface area contributed by atoms with Crippen molar-refractivity contribution in [1.82, 2.24) is 0 Å². The topological polar surface area (TPSA) is 56.1 Å². The van der Waals surface area contributed by atoms with Crippen LogP contribution in [0.4, 0.5) is 10.1 Å². The van der Waals surface area contributed by atoms with E-state index in [0.29, 0.717) is 11.4 Å². The van der Waals surface area contributed by atoms with E-state index in [2.05, 4.69) is 5.32 Å². The van der Waals surface area contributed by atoms with Crippen molar-refractivity contribution in [3.05, 3.63) is 39.4 Å². The highest BCUT2D eigenvalue weighted by Crippen LogP contribution is 2.20. The van der Waals surface area contributed by atoms with Gasteiger partial charge in [-0.15, -0.1) is 0 Å². The van der Waals surface area contributed by atoms with Crippen LogP contribution >= 0.6 is 22.6 Å². The first kappa shape index (κ1) is 12.1. The fourth-order valence-electron chi connectivity index (χ4n) is 0.998. The van der Waals surface area contributed by atoms with Crippen molar-refractivity contribution in [2.24, 2.45) is 0 Å². The number of halogens is 2. The number of aliphatic hydroxyl groups is 1. The number of nitrogens with one attached hydrogen (secondary N) is 2. The van der Waals surface area contributed by atoms with E-state index < -0.39 is 0 Å². The molecule has 1 aromatic rings. The van der Waals surface area contributed by atoms with Crippen LogP contribution in [0.5, 0.6) is 0 Å². The van der Waals surface area contributed by atoms with Crippen LogP contribution in [0.2, 0.25) is 0 Å². The van der Waals surface area contributed by atoms with Crippen molar-refractivity contribution >= 4 is 34.5 Å². The van der Waals surface area contributed by atoms with Gasteiger partial charge in [0.1, 0.15) is 5.82 Å². The molecule has 0 unspecified atom stereocenters. The minimum absolute atomic E-state index is 0.192. The summed E-state index contributed by atoms with van der Waals surface area (Å²) in [5.74, 6) is -0.300. The van der Waals surface area contributed by atoms with Gasteiger partial charge in [0.2, 0.25) is 0 Å². The average molecular weight is 320 g/mol. The molecule has 0 amide bonds. The van der Waals surface area contributed by atoms with E-state index in [0.717, 1.165) is 9.78 Å². The highest BCUT2D eigenvalue weighted by Gasteiger charge is 2.02. The standard InChI is InChI=1S/C10H10FIN2O/c11-7-1-2-10(9(12)5-7)14-8(6-15)3-4-13/h1-5,13-15H,6H2/b8-3-,13-4?. The summed E-state index contributed by atoms with van der Waals surface area (Å²) in [6.45, 7) is -0.192. The summed E-state index contributed by atoms with van der Waals surface area (Å²) in [6, 6.07) is 4.32. The number of anilines is 1. The molecule has 15 heavy (non-hydrogen) atoms. The Morgan fingerprint density at radius 3 is 2.87 bits per heavy atom. The molecule has 3 nitrogen and oxygen atoms in total. The van der Waals surface area contributed by atoms with Crippen molar-refractivity contribution in [3.63, 3.8) is 0 Å². The van der Waals surface area contributed by atoms with Crippen LogP contribution in [-0.4, -0.2) is 17.9 Å². The second-order valence-corrected chi connectivity index (χ2v) is 3.93. The molecule has 0 radical (unpaired) electrons. The summed E-state index contributed by atoms with van der Waals surface area (Å²) in [5.41, 5.74) is 1.20. The lowest BCUT2D eigenvalue weighted by molar-refractivity contribution is 0.332. The summed E-state index contributed by atoms with van der Waals surface area (Å²) in [4.78, 5) is 0. The van der Waals surface area contributed by atoms with Crippen LogP contribution in [0.1, 0.15) is 0 Å². The second kappa shape index (κ2) is 5.82. The number of aliphatic hydroxyl groups excluding tert-OH is 1. The SMILES string of the molecule is N=C/C=C(/CO)Nc1ccc(F)cc1I. The smallest absolute Gasteiger partial charge is 0.124 e. The second-order valence-electron chi connectivity index (χ2n) is 2.77. The number of hydrogen-bond donors (Lipinski definition) is 3. The first-order chi connectivity index (χ1) is 7.17. The van der Waals surface area contributed by atoms with Gasteiger partial charge < -0.3 is 15.8 Å². The van der Waals surface area contributed by atoms with Gasteiger partial charge in [-0.25, -0.2) is 4.39 Å². The lowest BCUT2D eigenvalue weighted by Gasteiger charge is -2.09. The monoisotopic (exact) mass is 320 g/mol. The molecule has 0 atom stereocenters. The zero-order valence-electron chi connectivity index (χ0n) is 7.80. The van der Waals surface area contributed by atoms with E-state index in [1.54, 1.807) is 6.07 Å². The van der Waals surface area contributed by atoms with Crippen molar-refractivity contribution in [3.8, 4) is 0 Å². The molecule has 1 aromatic carbocycles. The molecule has 0 spiro atoms. The number of rotatable bonds is 4. The van der Waals surface area contributed by atoms with Crippen LogP contribution in [0.15, 0.2) is 30.0 Å². The molecule has 0 aromatic heterocycles. The van der Waals surface area contributed by atoms with Crippen LogP contribution in [0.3, 0.4) is 0 Å². The minimum Gasteiger partial charge on any atom is -0.390 e.